The Kier molecular flexibility index (Phi) is 5.88. The van der Waals surface area contributed by atoms with Crippen LogP contribution in [0, 0.1) is 11.7 Å². The number of benzene rings is 1. The van der Waals surface area contributed by atoms with Crippen LogP contribution in [0.2, 0.25) is 0 Å². The van der Waals surface area contributed by atoms with E-state index in [2.05, 4.69) is 4.90 Å². The van der Waals surface area contributed by atoms with Crippen LogP contribution in [0.4, 0.5) is 4.39 Å². The highest BCUT2D eigenvalue weighted by atomic mass is 19.1. The third-order valence-corrected chi connectivity index (χ3v) is 3.98. The molecule has 0 bridgehead atoms. The Labute approximate surface area is 126 Å². The summed E-state index contributed by atoms with van der Waals surface area (Å²) >= 11 is 0. The highest BCUT2D eigenvalue weighted by molar-refractivity contribution is 5.98. The molecule has 1 saturated heterocycles. The number of halogens is 1. The summed E-state index contributed by atoms with van der Waals surface area (Å²) in [5.41, 5.74) is 0.198. The highest BCUT2D eigenvalue weighted by Gasteiger charge is 2.25. The Morgan fingerprint density at radius 3 is 2.95 bits per heavy atom. The summed E-state index contributed by atoms with van der Waals surface area (Å²) in [5.74, 6) is -0.755. The molecule has 0 saturated carbocycles. The molecule has 21 heavy (non-hydrogen) atoms. The maximum absolute atomic E-state index is 13.7. The Hall–Kier alpha value is -1.26. The van der Waals surface area contributed by atoms with Gasteiger partial charge in [0, 0.05) is 25.6 Å². The van der Waals surface area contributed by atoms with Crippen LogP contribution in [0.3, 0.4) is 0 Å². The number of nitrogens with zero attached hydrogens (tertiary/aromatic N) is 1. The second-order valence-corrected chi connectivity index (χ2v) is 5.72. The predicted octanol–water partition coefficient (Wildman–Crippen LogP) is 3.15. The molecular weight excluding hydrogens is 269 g/mol. The minimum atomic E-state index is -0.430. The topological polar surface area (TPSA) is 29.5 Å². The van der Waals surface area contributed by atoms with E-state index in [0.717, 1.165) is 32.5 Å². The Balaban J connectivity index is 1.93. The summed E-state index contributed by atoms with van der Waals surface area (Å²) in [7, 11) is 0. The average Bonchev–Trinajstić information content (AvgIpc) is 2.48. The minimum Gasteiger partial charge on any atom is -0.377 e. The molecular formula is C17H24FNO2. The second kappa shape index (κ2) is 7.66. The summed E-state index contributed by atoms with van der Waals surface area (Å²) in [6.07, 6.45) is 2.44. The van der Waals surface area contributed by atoms with Crippen molar-refractivity contribution in [2.75, 3.05) is 26.2 Å². The van der Waals surface area contributed by atoms with Crippen LogP contribution in [-0.2, 0) is 4.74 Å². The molecule has 0 spiro atoms. The molecule has 2 unspecified atom stereocenters. The van der Waals surface area contributed by atoms with Crippen LogP contribution in [0.25, 0.3) is 0 Å². The molecule has 1 fully saturated rings. The fourth-order valence-electron chi connectivity index (χ4n) is 2.95. The Morgan fingerprint density at radius 1 is 1.48 bits per heavy atom. The van der Waals surface area contributed by atoms with Gasteiger partial charge in [0.2, 0.25) is 0 Å². The molecule has 4 heteroatoms. The van der Waals surface area contributed by atoms with Gasteiger partial charge in [0.25, 0.3) is 0 Å². The number of rotatable bonds is 6. The molecule has 2 rings (SSSR count). The zero-order chi connectivity index (χ0) is 15.2. The molecule has 0 amide bonds. The van der Waals surface area contributed by atoms with E-state index < -0.39 is 5.82 Å². The zero-order valence-electron chi connectivity index (χ0n) is 12.8. The average molecular weight is 293 g/mol. The predicted molar refractivity (Wildman–Crippen MR) is 81.0 cm³/mol. The van der Waals surface area contributed by atoms with Gasteiger partial charge in [-0.05, 0) is 38.4 Å². The van der Waals surface area contributed by atoms with Gasteiger partial charge in [-0.3, -0.25) is 4.79 Å². The zero-order valence-corrected chi connectivity index (χ0v) is 12.8. The quantitative estimate of drug-likeness (QED) is 0.755. The summed E-state index contributed by atoms with van der Waals surface area (Å²) < 4.78 is 19.4. The van der Waals surface area contributed by atoms with Crippen molar-refractivity contribution in [1.82, 2.24) is 4.90 Å². The van der Waals surface area contributed by atoms with Crippen molar-refractivity contribution in [2.45, 2.75) is 32.8 Å². The molecule has 1 aromatic carbocycles. The first-order valence-corrected chi connectivity index (χ1v) is 7.74. The molecule has 1 aromatic rings. The van der Waals surface area contributed by atoms with E-state index in [9.17, 15) is 9.18 Å². The van der Waals surface area contributed by atoms with Crippen molar-refractivity contribution in [3.63, 3.8) is 0 Å². The first-order chi connectivity index (χ1) is 10.1. The van der Waals surface area contributed by atoms with E-state index in [4.69, 9.17) is 4.74 Å². The van der Waals surface area contributed by atoms with E-state index >= 15 is 0 Å². The van der Waals surface area contributed by atoms with E-state index in [0.29, 0.717) is 6.54 Å². The summed E-state index contributed by atoms with van der Waals surface area (Å²) in [5, 5.41) is 0. The van der Waals surface area contributed by atoms with Gasteiger partial charge in [0.1, 0.15) is 5.82 Å². The lowest BCUT2D eigenvalue weighted by Gasteiger charge is -2.33. The first-order valence-electron chi connectivity index (χ1n) is 7.74. The normalized spacial score (nSPS) is 21.2. The van der Waals surface area contributed by atoms with Crippen molar-refractivity contribution in [3.8, 4) is 0 Å². The minimum absolute atomic E-state index is 0.119. The van der Waals surface area contributed by atoms with E-state index in [1.54, 1.807) is 18.2 Å². The number of hydrogen-bond donors (Lipinski definition) is 0. The van der Waals surface area contributed by atoms with Gasteiger partial charge in [0.15, 0.2) is 5.78 Å². The largest absolute Gasteiger partial charge is 0.377 e. The van der Waals surface area contributed by atoms with Gasteiger partial charge in [0.05, 0.1) is 11.7 Å². The standard InChI is InChI=1S/C17H24FNO2/c1-3-21-14-7-6-10-19(12-14)11-13(2)17(20)15-8-4-5-9-16(15)18/h4-5,8-9,13-14H,3,6-7,10-12H2,1-2H3. The van der Waals surface area contributed by atoms with E-state index in [-0.39, 0.29) is 23.4 Å². The van der Waals surface area contributed by atoms with Crippen molar-refractivity contribution >= 4 is 5.78 Å². The first kappa shape index (κ1) is 16.1. The monoisotopic (exact) mass is 293 g/mol. The lowest BCUT2D eigenvalue weighted by Crippen LogP contribution is -2.42. The van der Waals surface area contributed by atoms with Gasteiger partial charge in [-0.15, -0.1) is 0 Å². The number of ether oxygens (including phenoxy) is 1. The van der Waals surface area contributed by atoms with Crippen molar-refractivity contribution in [2.24, 2.45) is 5.92 Å². The number of ketones is 1. The van der Waals surface area contributed by atoms with Crippen LogP contribution in [0.15, 0.2) is 24.3 Å². The van der Waals surface area contributed by atoms with Crippen molar-refractivity contribution in [1.29, 1.82) is 0 Å². The molecule has 1 aliphatic heterocycles. The van der Waals surface area contributed by atoms with Gasteiger partial charge < -0.3 is 9.64 Å². The van der Waals surface area contributed by atoms with Crippen molar-refractivity contribution in [3.05, 3.63) is 35.6 Å². The maximum Gasteiger partial charge on any atom is 0.169 e. The molecule has 0 aromatic heterocycles. The van der Waals surface area contributed by atoms with Crippen LogP contribution < -0.4 is 0 Å². The lowest BCUT2D eigenvalue weighted by atomic mass is 9.97. The molecule has 1 aliphatic rings. The smallest absolute Gasteiger partial charge is 0.169 e. The number of hydrogen-bond acceptors (Lipinski definition) is 3. The van der Waals surface area contributed by atoms with E-state index in [1.807, 2.05) is 13.8 Å². The van der Waals surface area contributed by atoms with E-state index in [1.165, 1.54) is 6.07 Å². The fourth-order valence-corrected chi connectivity index (χ4v) is 2.95. The van der Waals surface area contributed by atoms with Crippen molar-refractivity contribution < 1.29 is 13.9 Å². The molecule has 0 N–H and O–H groups in total. The van der Waals surface area contributed by atoms with Crippen LogP contribution in [0.1, 0.15) is 37.0 Å². The molecule has 1 heterocycles. The number of piperidine rings is 1. The Bertz CT molecular complexity index is 476. The highest BCUT2D eigenvalue weighted by Crippen LogP contribution is 2.18. The molecule has 0 aliphatic carbocycles. The van der Waals surface area contributed by atoms with Gasteiger partial charge in [-0.2, -0.15) is 0 Å². The third kappa shape index (κ3) is 4.35. The Morgan fingerprint density at radius 2 is 2.24 bits per heavy atom. The second-order valence-electron chi connectivity index (χ2n) is 5.72. The SMILES string of the molecule is CCOC1CCCN(CC(C)C(=O)c2ccccc2F)C1. The van der Waals surface area contributed by atoms with Gasteiger partial charge in [-0.25, -0.2) is 4.39 Å². The van der Waals surface area contributed by atoms with Gasteiger partial charge in [-0.1, -0.05) is 19.1 Å². The third-order valence-electron chi connectivity index (χ3n) is 3.98. The maximum atomic E-state index is 13.7. The van der Waals surface area contributed by atoms with Crippen LogP contribution in [0.5, 0.6) is 0 Å². The molecule has 3 nitrogen and oxygen atoms in total. The van der Waals surface area contributed by atoms with Gasteiger partial charge >= 0.3 is 0 Å². The number of Topliss-reactive ketones (excluding diaryl/α,β-unsaturated/α-hetero) is 1. The summed E-state index contributed by atoms with van der Waals surface area (Å²) in [4.78, 5) is 14.6. The number of carbonyl (C=O) groups excluding carboxylic acids is 1. The van der Waals surface area contributed by atoms with Crippen LogP contribution in [-0.4, -0.2) is 43.0 Å². The van der Waals surface area contributed by atoms with Crippen LogP contribution >= 0.6 is 0 Å². The summed E-state index contributed by atoms with van der Waals surface area (Å²) in [6.45, 7) is 7.11. The lowest BCUT2D eigenvalue weighted by molar-refractivity contribution is 0.00282. The fraction of sp³-hybridized carbons (Fsp3) is 0.588. The number of likely N-dealkylation sites (tertiary alicyclic amines) is 1. The number of carbonyl (C=O) groups is 1. The molecule has 116 valence electrons. The molecule has 2 atom stereocenters. The summed E-state index contributed by atoms with van der Waals surface area (Å²) in [6, 6.07) is 6.21. The molecule has 0 radical (unpaired) electrons.